The highest BCUT2D eigenvalue weighted by atomic mass is 16.5. The first-order valence-electron chi connectivity index (χ1n) is 7.13. The molecule has 0 radical (unpaired) electrons. The third kappa shape index (κ3) is 5.07. The molecule has 0 spiro atoms. The fraction of sp³-hybridized carbons (Fsp3) is 0.667. The van der Waals surface area contributed by atoms with Gasteiger partial charge in [-0.25, -0.2) is 0 Å². The van der Waals surface area contributed by atoms with E-state index in [9.17, 15) is 0 Å². The molecule has 0 bridgehead atoms. The number of nitrogens with one attached hydrogen (secondary N) is 1. The number of nitrogens with zero attached hydrogens (tertiary/aromatic N) is 2. The van der Waals surface area contributed by atoms with Gasteiger partial charge in [0.1, 0.15) is 12.4 Å². The molecule has 2 heterocycles. The van der Waals surface area contributed by atoms with Crippen molar-refractivity contribution in [3.05, 3.63) is 18.2 Å². The van der Waals surface area contributed by atoms with Gasteiger partial charge in [-0.1, -0.05) is 6.07 Å². The second kappa shape index (κ2) is 6.24. The maximum Gasteiger partial charge on any atom is 0.215 e. The number of ether oxygens (including phenoxy) is 1. The summed E-state index contributed by atoms with van der Waals surface area (Å²) < 4.78 is 5.73. The van der Waals surface area contributed by atoms with Crippen molar-refractivity contribution in [2.75, 3.05) is 31.6 Å². The Hall–Kier alpha value is -1.29. The van der Waals surface area contributed by atoms with E-state index in [1.807, 2.05) is 18.2 Å². The summed E-state index contributed by atoms with van der Waals surface area (Å²) in [7, 11) is 0. The van der Waals surface area contributed by atoms with Gasteiger partial charge in [-0.05, 0) is 52.8 Å². The van der Waals surface area contributed by atoms with E-state index >= 15 is 0 Å². The summed E-state index contributed by atoms with van der Waals surface area (Å²) in [4.78, 5) is 6.91. The van der Waals surface area contributed by atoms with E-state index in [1.54, 1.807) is 0 Å². The molecule has 1 fully saturated rings. The Kier molecular flexibility index (Phi) is 4.64. The normalized spacial score (nSPS) is 16.6. The maximum atomic E-state index is 5.73. The first-order chi connectivity index (χ1) is 9.03. The van der Waals surface area contributed by atoms with E-state index in [-0.39, 0.29) is 5.54 Å². The number of likely N-dealkylation sites (tertiary alicyclic amines) is 1. The van der Waals surface area contributed by atoms with Gasteiger partial charge in [0.25, 0.3) is 0 Å². The summed E-state index contributed by atoms with van der Waals surface area (Å²) >= 11 is 0. The Labute approximate surface area is 116 Å². The molecule has 0 unspecified atom stereocenters. The molecule has 1 N–H and O–H groups in total. The van der Waals surface area contributed by atoms with E-state index in [1.165, 1.54) is 25.9 Å². The lowest BCUT2D eigenvalue weighted by Crippen LogP contribution is -2.27. The van der Waals surface area contributed by atoms with E-state index in [4.69, 9.17) is 4.74 Å². The molecule has 4 nitrogen and oxygen atoms in total. The first kappa shape index (κ1) is 14.1. The van der Waals surface area contributed by atoms with Crippen LogP contribution in [0.3, 0.4) is 0 Å². The van der Waals surface area contributed by atoms with Crippen LogP contribution < -0.4 is 10.1 Å². The standard InChI is InChI=1S/C15H25N3O/c1-15(2,3)17-13-7-6-8-14(16-13)19-12-11-18-9-4-5-10-18/h6-8H,4-5,9-12H2,1-3H3,(H,16,17). The topological polar surface area (TPSA) is 37.4 Å². The predicted octanol–water partition coefficient (Wildman–Crippen LogP) is 2.77. The quantitative estimate of drug-likeness (QED) is 0.886. The highest BCUT2D eigenvalue weighted by molar-refractivity contribution is 5.39. The molecule has 0 amide bonds. The van der Waals surface area contributed by atoms with E-state index in [0.717, 1.165) is 12.4 Å². The van der Waals surface area contributed by atoms with Crippen LogP contribution in [-0.4, -0.2) is 41.7 Å². The van der Waals surface area contributed by atoms with Gasteiger partial charge in [0.15, 0.2) is 0 Å². The van der Waals surface area contributed by atoms with Crippen LogP contribution in [-0.2, 0) is 0 Å². The van der Waals surface area contributed by atoms with Crippen LogP contribution in [0.4, 0.5) is 5.82 Å². The number of hydrogen-bond acceptors (Lipinski definition) is 4. The molecule has 0 saturated carbocycles. The predicted molar refractivity (Wildman–Crippen MR) is 78.8 cm³/mol. The molecule has 4 heteroatoms. The second-order valence-corrected chi connectivity index (χ2v) is 6.13. The van der Waals surface area contributed by atoms with Crippen LogP contribution in [0.5, 0.6) is 5.88 Å². The Balaban J connectivity index is 1.81. The molecule has 2 rings (SSSR count). The number of anilines is 1. The van der Waals surface area contributed by atoms with Crippen molar-refractivity contribution in [3.8, 4) is 5.88 Å². The smallest absolute Gasteiger partial charge is 0.215 e. The van der Waals surface area contributed by atoms with Gasteiger partial charge in [0.2, 0.25) is 5.88 Å². The molecular weight excluding hydrogens is 238 g/mol. The SMILES string of the molecule is CC(C)(C)Nc1cccc(OCCN2CCCC2)n1. The van der Waals surface area contributed by atoms with E-state index in [0.29, 0.717) is 12.5 Å². The second-order valence-electron chi connectivity index (χ2n) is 6.13. The van der Waals surface area contributed by atoms with Crippen molar-refractivity contribution >= 4 is 5.82 Å². The summed E-state index contributed by atoms with van der Waals surface area (Å²) in [5.41, 5.74) is 0.0151. The Bertz CT molecular complexity index is 395. The number of pyridine rings is 1. The van der Waals surface area contributed by atoms with Crippen molar-refractivity contribution in [2.24, 2.45) is 0 Å². The van der Waals surface area contributed by atoms with E-state index in [2.05, 4.69) is 36.0 Å². The summed E-state index contributed by atoms with van der Waals surface area (Å²) in [5.74, 6) is 1.57. The highest BCUT2D eigenvalue weighted by Crippen LogP contribution is 2.16. The molecule has 1 aliphatic heterocycles. The van der Waals surface area contributed by atoms with Gasteiger partial charge in [0, 0.05) is 18.2 Å². The number of rotatable bonds is 5. The lowest BCUT2D eigenvalue weighted by atomic mass is 10.1. The van der Waals surface area contributed by atoms with Gasteiger partial charge in [0.05, 0.1) is 0 Å². The zero-order chi connectivity index (χ0) is 13.7. The number of aromatic nitrogens is 1. The van der Waals surface area contributed by atoms with E-state index < -0.39 is 0 Å². The van der Waals surface area contributed by atoms with Crippen LogP contribution >= 0.6 is 0 Å². The summed E-state index contributed by atoms with van der Waals surface area (Å²) in [6, 6.07) is 5.86. The fourth-order valence-corrected chi connectivity index (χ4v) is 2.23. The van der Waals surface area contributed by atoms with Gasteiger partial charge in [-0.2, -0.15) is 4.98 Å². The Morgan fingerprint density at radius 2 is 2.00 bits per heavy atom. The van der Waals surface area contributed by atoms with Crippen molar-refractivity contribution in [1.82, 2.24) is 9.88 Å². The molecule has 0 aliphatic carbocycles. The largest absolute Gasteiger partial charge is 0.476 e. The summed E-state index contributed by atoms with van der Waals surface area (Å²) in [6.07, 6.45) is 2.65. The molecule has 0 atom stereocenters. The minimum absolute atomic E-state index is 0.0151. The Morgan fingerprint density at radius 1 is 1.26 bits per heavy atom. The maximum absolute atomic E-state index is 5.73. The minimum atomic E-state index is 0.0151. The summed E-state index contributed by atoms with van der Waals surface area (Å²) in [5, 5.41) is 3.35. The lowest BCUT2D eigenvalue weighted by Gasteiger charge is -2.21. The molecule has 1 saturated heterocycles. The molecular formula is C15H25N3O. The molecule has 1 aromatic heterocycles. The van der Waals surface area contributed by atoms with Crippen molar-refractivity contribution in [3.63, 3.8) is 0 Å². The molecule has 1 aromatic rings. The highest BCUT2D eigenvalue weighted by Gasteiger charge is 2.12. The summed E-state index contributed by atoms with van der Waals surface area (Å²) in [6.45, 7) is 10.5. The van der Waals surface area contributed by atoms with Crippen LogP contribution in [0.2, 0.25) is 0 Å². The molecule has 1 aliphatic rings. The molecule has 0 aromatic carbocycles. The van der Waals surface area contributed by atoms with Crippen molar-refractivity contribution < 1.29 is 4.74 Å². The van der Waals surface area contributed by atoms with Crippen molar-refractivity contribution in [2.45, 2.75) is 39.2 Å². The lowest BCUT2D eigenvalue weighted by molar-refractivity contribution is 0.232. The van der Waals surface area contributed by atoms with Crippen LogP contribution in [0.1, 0.15) is 33.6 Å². The fourth-order valence-electron chi connectivity index (χ4n) is 2.23. The van der Waals surface area contributed by atoms with Gasteiger partial charge >= 0.3 is 0 Å². The molecule has 106 valence electrons. The third-order valence-electron chi connectivity index (χ3n) is 3.08. The average molecular weight is 263 g/mol. The van der Waals surface area contributed by atoms with Gasteiger partial charge < -0.3 is 10.1 Å². The van der Waals surface area contributed by atoms with Gasteiger partial charge in [-0.15, -0.1) is 0 Å². The monoisotopic (exact) mass is 263 g/mol. The van der Waals surface area contributed by atoms with Gasteiger partial charge in [-0.3, -0.25) is 4.90 Å². The Morgan fingerprint density at radius 3 is 2.68 bits per heavy atom. The first-order valence-corrected chi connectivity index (χ1v) is 7.13. The third-order valence-corrected chi connectivity index (χ3v) is 3.08. The van der Waals surface area contributed by atoms with Crippen LogP contribution in [0.15, 0.2) is 18.2 Å². The number of hydrogen-bond donors (Lipinski definition) is 1. The molecule has 19 heavy (non-hydrogen) atoms. The zero-order valence-corrected chi connectivity index (χ0v) is 12.3. The average Bonchev–Trinajstić information content (AvgIpc) is 2.80. The van der Waals surface area contributed by atoms with Crippen molar-refractivity contribution in [1.29, 1.82) is 0 Å². The van der Waals surface area contributed by atoms with Crippen LogP contribution in [0, 0.1) is 0 Å². The van der Waals surface area contributed by atoms with Crippen LogP contribution in [0.25, 0.3) is 0 Å². The minimum Gasteiger partial charge on any atom is -0.476 e. The zero-order valence-electron chi connectivity index (χ0n) is 12.3.